The van der Waals surface area contributed by atoms with Crippen molar-refractivity contribution >= 4 is 14.3 Å². The molecular formula is C18H30O4Si. The van der Waals surface area contributed by atoms with Crippen molar-refractivity contribution in [3.8, 4) is 0 Å². The van der Waals surface area contributed by atoms with Crippen LogP contribution < -0.4 is 0 Å². The van der Waals surface area contributed by atoms with Gasteiger partial charge in [-0.05, 0) is 49.5 Å². The van der Waals surface area contributed by atoms with Crippen LogP contribution in [0.5, 0.6) is 0 Å². The number of hydrogen-bond acceptors (Lipinski definition) is 3. The van der Waals surface area contributed by atoms with Crippen molar-refractivity contribution in [2.24, 2.45) is 0 Å². The van der Waals surface area contributed by atoms with Crippen LogP contribution in [0.25, 0.3) is 0 Å². The predicted molar refractivity (Wildman–Crippen MR) is 95.0 cm³/mol. The smallest absolute Gasteiger partial charge is 0.303 e. The molecule has 1 atom stereocenters. The first-order valence-corrected chi connectivity index (χ1v) is 11.1. The van der Waals surface area contributed by atoms with E-state index in [1.165, 1.54) is 0 Å². The van der Waals surface area contributed by atoms with Gasteiger partial charge in [-0.1, -0.05) is 32.9 Å². The van der Waals surface area contributed by atoms with Crippen molar-refractivity contribution in [1.82, 2.24) is 0 Å². The van der Waals surface area contributed by atoms with Gasteiger partial charge in [-0.2, -0.15) is 0 Å². The first-order chi connectivity index (χ1) is 10.6. The molecule has 1 aromatic rings. The lowest BCUT2D eigenvalue weighted by atomic mass is 10.1. The van der Waals surface area contributed by atoms with Crippen LogP contribution in [0.3, 0.4) is 0 Å². The molecule has 1 rings (SSSR count). The van der Waals surface area contributed by atoms with Gasteiger partial charge in [0, 0.05) is 6.42 Å². The van der Waals surface area contributed by atoms with Crippen LogP contribution in [0.1, 0.15) is 58.3 Å². The number of carbonyl (C=O) groups is 1. The molecule has 1 aromatic heterocycles. The minimum Gasteiger partial charge on any atom is -0.481 e. The molecule has 5 heteroatoms. The van der Waals surface area contributed by atoms with Gasteiger partial charge in [0.15, 0.2) is 8.32 Å². The third-order valence-corrected chi connectivity index (χ3v) is 8.87. The molecule has 1 heterocycles. The Balaban J connectivity index is 2.65. The van der Waals surface area contributed by atoms with E-state index in [-0.39, 0.29) is 17.6 Å². The Bertz CT molecular complexity index is 498. The molecule has 0 spiro atoms. The van der Waals surface area contributed by atoms with Crippen LogP contribution in [-0.4, -0.2) is 19.4 Å². The second-order valence-corrected chi connectivity index (χ2v) is 12.1. The highest BCUT2D eigenvalue weighted by Crippen LogP contribution is 2.40. The van der Waals surface area contributed by atoms with Crippen LogP contribution in [0.15, 0.2) is 35.0 Å². The van der Waals surface area contributed by atoms with Crippen molar-refractivity contribution in [2.75, 3.05) is 0 Å². The van der Waals surface area contributed by atoms with Gasteiger partial charge < -0.3 is 13.9 Å². The molecule has 0 bridgehead atoms. The van der Waals surface area contributed by atoms with E-state index >= 15 is 0 Å². The van der Waals surface area contributed by atoms with Crippen molar-refractivity contribution in [3.63, 3.8) is 0 Å². The molecule has 0 fully saturated rings. The fourth-order valence-corrected chi connectivity index (χ4v) is 3.22. The third kappa shape index (κ3) is 6.75. The zero-order valence-corrected chi connectivity index (χ0v) is 16.0. The lowest BCUT2D eigenvalue weighted by Gasteiger charge is -2.38. The van der Waals surface area contributed by atoms with Gasteiger partial charge >= 0.3 is 5.97 Å². The molecule has 0 amide bonds. The second-order valence-electron chi connectivity index (χ2n) is 7.38. The first kappa shape index (κ1) is 19.7. The van der Waals surface area contributed by atoms with E-state index in [9.17, 15) is 4.79 Å². The third-order valence-electron chi connectivity index (χ3n) is 4.38. The van der Waals surface area contributed by atoms with Crippen molar-refractivity contribution in [2.45, 2.75) is 70.7 Å². The molecular weight excluding hydrogens is 308 g/mol. The van der Waals surface area contributed by atoms with Crippen LogP contribution in [0.4, 0.5) is 0 Å². The maximum absolute atomic E-state index is 10.5. The molecule has 0 saturated heterocycles. The van der Waals surface area contributed by atoms with E-state index in [0.717, 1.165) is 18.6 Å². The second kappa shape index (κ2) is 8.50. The molecule has 0 aromatic carbocycles. The van der Waals surface area contributed by atoms with Crippen molar-refractivity contribution in [3.05, 3.63) is 36.3 Å². The number of hydrogen-bond donors (Lipinski definition) is 1. The van der Waals surface area contributed by atoms with E-state index in [2.05, 4.69) is 39.9 Å². The van der Waals surface area contributed by atoms with Crippen LogP contribution in [0, 0.1) is 0 Å². The number of unbranched alkanes of at least 4 members (excludes halogenated alkanes) is 1. The molecule has 0 radical (unpaired) electrons. The number of carboxylic acids is 1. The molecule has 23 heavy (non-hydrogen) atoms. The summed E-state index contributed by atoms with van der Waals surface area (Å²) in [5, 5.41) is 8.78. The monoisotopic (exact) mass is 338 g/mol. The Morgan fingerprint density at radius 2 is 2.09 bits per heavy atom. The van der Waals surface area contributed by atoms with Crippen LogP contribution >= 0.6 is 0 Å². The molecule has 130 valence electrons. The van der Waals surface area contributed by atoms with Crippen LogP contribution in [0.2, 0.25) is 18.1 Å². The summed E-state index contributed by atoms with van der Waals surface area (Å²) < 4.78 is 12.0. The fraction of sp³-hybridized carbons (Fsp3) is 0.611. The maximum atomic E-state index is 10.5. The minimum absolute atomic E-state index is 0.0818. The van der Waals surface area contributed by atoms with E-state index in [0.29, 0.717) is 6.42 Å². The van der Waals surface area contributed by atoms with E-state index in [1.807, 2.05) is 18.2 Å². The molecule has 0 aliphatic rings. The summed E-state index contributed by atoms with van der Waals surface area (Å²) in [6, 6.07) is 3.84. The molecule has 4 nitrogen and oxygen atoms in total. The number of carboxylic acid groups (broad SMARTS) is 1. The van der Waals surface area contributed by atoms with Gasteiger partial charge in [-0.25, -0.2) is 0 Å². The zero-order chi connectivity index (χ0) is 17.5. The fourth-order valence-electron chi connectivity index (χ4n) is 1.94. The Kier molecular flexibility index (Phi) is 7.29. The van der Waals surface area contributed by atoms with Gasteiger partial charge in [0.05, 0.1) is 6.26 Å². The SMILES string of the molecule is CC(C)(C)[Si](C)(C)OC(C/C=C\CCCC(=O)O)c1ccco1. The number of furan rings is 1. The highest BCUT2D eigenvalue weighted by molar-refractivity contribution is 6.74. The summed E-state index contributed by atoms with van der Waals surface area (Å²) in [5.74, 6) is 0.109. The maximum Gasteiger partial charge on any atom is 0.303 e. The first-order valence-electron chi connectivity index (χ1n) is 8.21. The van der Waals surface area contributed by atoms with Gasteiger partial charge in [0.2, 0.25) is 0 Å². The van der Waals surface area contributed by atoms with Crippen LogP contribution in [-0.2, 0) is 9.22 Å². The minimum atomic E-state index is -1.89. The average Bonchev–Trinajstić information content (AvgIpc) is 2.93. The Hall–Kier alpha value is -1.33. The normalized spacial score (nSPS) is 14.3. The average molecular weight is 339 g/mol. The summed E-state index contributed by atoms with van der Waals surface area (Å²) >= 11 is 0. The van der Waals surface area contributed by atoms with E-state index in [1.54, 1.807) is 6.26 Å². The van der Waals surface area contributed by atoms with E-state index < -0.39 is 14.3 Å². The molecule has 0 aliphatic heterocycles. The Morgan fingerprint density at radius 1 is 1.39 bits per heavy atom. The molecule has 0 aliphatic carbocycles. The van der Waals surface area contributed by atoms with Gasteiger partial charge in [0.1, 0.15) is 11.9 Å². The summed E-state index contributed by atoms with van der Waals surface area (Å²) in [5.41, 5.74) is 0. The number of allylic oxidation sites excluding steroid dienone is 1. The predicted octanol–water partition coefficient (Wildman–Crippen LogP) is 5.54. The summed E-state index contributed by atoms with van der Waals surface area (Å²) in [6.45, 7) is 11.1. The lowest BCUT2D eigenvalue weighted by molar-refractivity contribution is -0.137. The standard InChI is InChI=1S/C18H30O4Si/c1-18(2,3)23(4,5)22-16(15-12-10-14-21-15)11-8-6-7-9-13-17(19)20/h6,8,10,12,14,16H,7,9,11,13H2,1-5H3,(H,19,20)/b8-6-. The summed E-state index contributed by atoms with van der Waals surface area (Å²) in [7, 11) is -1.89. The van der Waals surface area contributed by atoms with E-state index in [4.69, 9.17) is 13.9 Å². The lowest BCUT2D eigenvalue weighted by Crippen LogP contribution is -2.41. The van der Waals surface area contributed by atoms with Crippen molar-refractivity contribution in [1.29, 1.82) is 0 Å². The molecule has 1 unspecified atom stereocenters. The topological polar surface area (TPSA) is 59.7 Å². The number of aliphatic carboxylic acids is 1. The zero-order valence-electron chi connectivity index (χ0n) is 15.0. The molecule has 0 saturated carbocycles. The summed E-state index contributed by atoms with van der Waals surface area (Å²) in [4.78, 5) is 10.5. The number of rotatable bonds is 9. The summed E-state index contributed by atoms with van der Waals surface area (Å²) in [6.07, 6.45) is 8.10. The highest BCUT2D eigenvalue weighted by Gasteiger charge is 2.39. The molecule has 1 N–H and O–H groups in total. The largest absolute Gasteiger partial charge is 0.481 e. The highest BCUT2D eigenvalue weighted by atomic mass is 28.4. The quantitative estimate of drug-likeness (QED) is 0.364. The van der Waals surface area contributed by atoms with Crippen molar-refractivity contribution < 1.29 is 18.7 Å². The van der Waals surface area contributed by atoms with Gasteiger partial charge in [-0.15, -0.1) is 0 Å². The Labute approximate surface area is 140 Å². The van der Waals surface area contributed by atoms with Gasteiger partial charge in [0.25, 0.3) is 0 Å². The van der Waals surface area contributed by atoms with Gasteiger partial charge in [-0.3, -0.25) is 4.79 Å². The Morgan fingerprint density at radius 3 is 2.61 bits per heavy atom.